The summed E-state index contributed by atoms with van der Waals surface area (Å²) in [5.41, 5.74) is 0.435. The van der Waals surface area contributed by atoms with Crippen molar-refractivity contribution in [3.05, 3.63) is 34.9 Å². The molecule has 1 amide bonds. The third-order valence-corrected chi connectivity index (χ3v) is 2.47. The van der Waals surface area contributed by atoms with E-state index in [1.807, 2.05) is 32.0 Å². The van der Waals surface area contributed by atoms with E-state index in [-0.39, 0.29) is 0 Å². The number of hydrogen-bond donors (Lipinski definition) is 1. The van der Waals surface area contributed by atoms with Gasteiger partial charge in [0.15, 0.2) is 0 Å². The highest BCUT2D eigenvalue weighted by Gasteiger charge is 2.23. The molecule has 88 valence electrons. The number of nitrogens with one attached hydrogen (secondary N) is 1. The van der Waals surface area contributed by atoms with Crippen molar-refractivity contribution in [2.24, 2.45) is 0 Å². The summed E-state index contributed by atoms with van der Waals surface area (Å²) in [6.45, 7) is 5.93. The first-order chi connectivity index (χ1) is 7.45. The van der Waals surface area contributed by atoms with E-state index in [0.717, 1.165) is 5.56 Å². The number of hydrogen-bond acceptors (Lipinski definition) is 2. The number of rotatable bonds is 3. The molecule has 0 spiro atoms. The van der Waals surface area contributed by atoms with Crippen molar-refractivity contribution in [1.82, 2.24) is 5.32 Å². The van der Waals surface area contributed by atoms with Gasteiger partial charge in [-0.3, -0.25) is 0 Å². The van der Waals surface area contributed by atoms with Crippen LogP contribution in [-0.4, -0.2) is 12.7 Å². The third kappa shape index (κ3) is 3.42. The smallest absolute Gasteiger partial charge is 0.407 e. The summed E-state index contributed by atoms with van der Waals surface area (Å²) < 4.78 is 4.85. The lowest BCUT2D eigenvalue weighted by Crippen LogP contribution is -2.41. The van der Waals surface area contributed by atoms with Crippen molar-refractivity contribution in [1.29, 1.82) is 0 Å². The van der Waals surface area contributed by atoms with Crippen LogP contribution in [0.15, 0.2) is 24.3 Å². The quantitative estimate of drug-likeness (QED) is 0.882. The molecule has 0 atom stereocenters. The van der Waals surface area contributed by atoms with Gasteiger partial charge in [-0.15, -0.1) is 0 Å². The fourth-order valence-electron chi connectivity index (χ4n) is 1.37. The van der Waals surface area contributed by atoms with Gasteiger partial charge in [-0.1, -0.05) is 23.7 Å². The Morgan fingerprint density at radius 2 is 2.19 bits per heavy atom. The molecule has 16 heavy (non-hydrogen) atoms. The van der Waals surface area contributed by atoms with E-state index in [1.54, 1.807) is 13.0 Å². The number of carbonyl (C=O) groups excluding carboxylic acids is 1. The molecule has 4 heteroatoms. The summed E-state index contributed by atoms with van der Waals surface area (Å²) in [7, 11) is 0. The minimum absolute atomic E-state index is 0.359. The number of carbonyl (C=O) groups is 1. The molecule has 0 saturated carbocycles. The average Bonchev–Trinajstić information content (AvgIpc) is 2.17. The van der Waals surface area contributed by atoms with Gasteiger partial charge in [0.1, 0.15) is 0 Å². The Balaban J connectivity index is 2.81. The molecule has 0 radical (unpaired) electrons. The standard InChI is InChI=1S/C12H16ClNO2/c1-4-16-11(15)14-12(2,3)9-6-5-7-10(13)8-9/h5-8H,4H2,1-3H3,(H,14,15). The van der Waals surface area contributed by atoms with Crippen molar-refractivity contribution < 1.29 is 9.53 Å². The van der Waals surface area contributed by atoms with Crippen molar-refractivity contribution in [2.75, 3.05) is 6.61 Å². The SMILES string of the molecule is CCOC(=O)NC(C)(C)c1cccc(Cl)c1. The van der Waals surface area contributed by atoms with Gasteiger partial charge in [-0.2, -0.15) is 0 Å². The Morgan fingerprint density at radius 1 is 1.50 bits per heavy atom. The summed E-state index contributed by atoms with van der Waals surface area (Å²) in [5.74, 6) is 0. The molecule has 0 fully saturated rings. The highest BCUT2D eigenvalue weighted by molar-refractivity contribution is 6.30. The predicted octanol–water partition coefficient (Wildman–Crippen LogP) is 3.32. The number of halogens is 1. The van der Waals surface area contributed by atoms with E-state index < -0.39 is 11.6 Å². The predicted molar refractivity (Wildman–Crippen MR) is 64.6 cm³/mol. The minimum Gasteiger partial charge on any atom is -0.450 e. The first-order valence-corrected chi connectivity index (χ1v) is 5.54. The molecule has 0 bridgehead atoms. The van der Waals surface area contributed by atoms with Gasteiger partial charge in [0.2, 0.25) is 0 Å². The number of ether oxygens (including phenoxy) is 1. The number of benzene rings is 1. The molecule has 0 aliphatic rings. The normalized spacial score (nSPS) is 11.0. The fourth-order valence-corrected chi connectivity index (χ4v) is 1.56. The van der Waals surface area contributed by atoms with Gasteiger partial charge in [0.05, 0.1) is 12.1 Å². The molecule has 0 aliphatic carbocycles. The zero-order valence-electron chi connectivity index (χ0n) is 9.71. The van der Waals surface area contributed by atoms with Gasteiger partial charge in [0.25, 0.3) is 0 Å². The first-order valence-electron chi connectivity index (χ1n) is 5.16. The van der Waals surface area contributed by atoms with E-state index in [1.165, 1.54) is 0 Å². The van der Waals surface area contributed by atoms with Crippen molar-refractivity contribution in [3.63, 3.8) is 0 Å². The topological polar surface area (TPSA) is 38.3 Å². The van der Waals surface area contributed by atoms with Crippen molar-refractivity contribution in [3.8, 4) is 0 Å². The molecule has 0 unspecified atom stereocenters. The molecule has 0 aromatic heterocycles. The van der Waals surface area contributed by atoms with Crippen LogP contribution < -0.4 is 5.32 Å². The molecule has 0 saturated heterocycles. The zero-order chi connectivity index (χ0) is 12.2. The second kappa shape index (κ2) is 5.21. The fraction of sp³-hybridized carbons (Fsp3) is 0.417. The van der Waals surface area contributed by atoms with E-state index in [2.05, 4.69) is 5.32 Å². The highest BCUT2D eigenvalue weighted by atomic mass is 35.5. The second-order valence-corrected chi connectivity index (χ2v) is 4.42. The van der Waals surface area contributed by atoms with Crippen LogP contribution in [0.4, 0.5) is 4.79 Å². The second-order valence-electron chi connectivity index (χ2n) is 3.98. The number of amides is 1. The van der Waals surface area contributed by atoms with Crippen LogP contribution in [0.1, 0.15) is 26.3 Å². The molecule has 1 rings (SSSR count). The molecule has 1 aromatic rings. The Kier molecular flexibility index (Phi) is 4.19. The van der Waals surface area contributed by atoms with Crippen LogP contribution in [0.3, 0.4) is 0 Å². The molecule has 0 aliphatic heterocycles. The molecular formula is C12H16ClNO2. The van der Waals surface area contributed by atoms with Gasteiger partial charge < -0.3 is 10.1 Å². The van der Waals surface area contributed by atoms with Crippen LogP contribution in [0.25, 0.3) is 0 Å². The number of alkyl carbamates (subject to hydrolysis) is 1. The highest BCUT2D eigenvalue weighted by Crippen LogP contribution is 2.22. The molecule has 3 nitrogen and oxygen atoms in total. The third-order valence-electron chi connectivity index (χ3n) is 2.24. The lowest BCUT2D eigenvalue weighted by atomic mass is 9.95. The Morgan fingerprint density at radius 3 is 2.75 bits per heavy atom. The average molecular weight is 242 g/mol. The zero-order valence-corrected chi connectivity index (χ0v) is 10.5. The van der Waals surface area contributed by atoms with Gasteiger partial charge in [-0.25, -0.2) is 4.79 Å². The van der Waals surface area contributed by atoms with Crippen LogP contribution in [0.2, 0.25) is 5.02 Å². The maximum atomic E-state index is 11.4. The van der Waals surface area contributed by atoms with E-state index in [0.29, 0.717) is 11.6 Å². The van der Waals surface area contributed by atoms with E-state index in [4.69, 9.17) is 16.3 Å². The molecule has 0 heterocycles. The van der Waals surface area contributed by atoms with E-state index in [9.17, 15) is 4.79 Å². The van der Waals surface area contributed by atoms with Crippen LogP contribution >= 0.6 is 11.6 Å². The van der Waals surface area contributed by atoms with Crippen molar-refractivity contribution in [2.45, 2.75) is 26.3 Å². The maximum Gasteiger partial charge on any atom is 0.407 e. The molecule has 1 N–H and O–H groups in total. The van der Waals surface area contributed by atoms with Gasteiger partial charge in [-0.05, 0) is 38.5 Å². The largest absolute Gasteiger partial charge is 0.450 e. The van der Waals surface area contributed by atoms with Crippen LogP contribution in [0, 0.1) is 0 Å². The van der Waals surface area contributed by atoms with Gasteiger partial charge in [0, 0.05) is 5.02 Å². The Labute approximate surface area is 101 Å². The molecular weight excluding hydrogens is 226 g/mol. The summed E-state index contributed by atoms with van der Waals surface area (Å²) in [6.07, 6.45) is -0.424. The summed E-state index contributed by atoms with van der Waals surface area (Å²) >= 11 is 5.90. The molecule has 1 aromatic carbocycles. The Bertz CT molecular complexity index is 377. The van der Waals surface area contributed by atoms with Crippen LogP contribution in [-0.2, 0) is 10.3 Å². The summed E-state index contributed by atoms with van der Waals surface area (Å²) in [5, 5.41) is 3.43. The minimum atomic E-state index is -0.503. The Hall–Kier alpha value is -1.22. The first kappa shape index (κ1) is 12.8. The lowest BCUT2D eigenvalue weighted by molar-refractivity contribution is 0.141. The van der Waals surface area contributed by atoms with Gasteiger partial charge >= 0.3 is 6.09 Å². The summed E-state index contributed by atoms with van der Waals surface area (Å²) in [4.78, 5) is 11.4. The lowest BCUT2D eigenvalue weighted by Gasteiger charge is -2.26. The summed E-state index contributed by atoms with van der Waals surface area (Å²) in [6, 6.07) is 7.39. The van der Waals surface area contributed by atoms with E-state index >= 15 is 0 Å². The maximum absolute atomic E-state index is 11.4. The monoisotopic (exact) mass is 241 g/mol. The van der Waals surface area contributed by atoms with Crippen LogP contribution in [0.5, 0.6) is 0 Å². The van der Waals surface area contributed by atoms with Crippen molar-refractivity contribution >= 4 is 17.7 Å².